The van der Waals surface area contributed by atoms with Gasteiger partial charge in [0.2, 0.25) is 0 Å². The maximum absolute atomic E-state index is 12.7. The average Bonchev–Trinajstić information content (AvgIpc) is 3.35. The molecule has 0 aliphatic heterocycles. The van der Waals surface area contributed by atoms with E-state index in [-0.39, 0.29) is 16.5 Å². The molecule has 2 heterocycles. The first-order valence-corrected chi connectivity index (χ1v) is 11.0. The van der Waals surface area contributed by atoms with Crippen LogP contribution in [0.4, 0.5) is 0 Å². The summed E-state index contributed by atoms with van der Waals surface area (Å²) in [5.74, 6) is -0.378. The van der Waals surface area contributed by atoms with Crippen LogP contribution in [-0.2, 0) is 13.1 Å². The zero-order valence-electron chi connectivity index (χ0n) is 18.1. The van der Waals surface area contributed by atoms with Crippen LogP contribution in [0.5, 0.6) is 0 Å². The molecule has 0 aliphatic carbocycles. The second kappa shape index (κ2) is 10.7. The van der Waals surface area contributed by atoms with Crippen molar-refractivity contribution in [3.63, 3.8) is 0 Å². The number of rotatable bonds is 8. The van der Waals surface area contributed by atoms with Crippen molar-refractivity contribution in [2.75, 3.05) is 13.1 Å². The predicted octanol–water partition coefficient (Wildman–Crippen LogP) is 4.06. The van der Waals surface area contributed by atoms with Crippen molar-refractivity contribution < 1.29 is 14.0 Å². The highest BCUT2D eigenvalue weighted by atomic mass is 35.5. The summed E-state index contributed by atoms with van der Waals surface area (Å²) in [4.78, 5) is 27.2. The van der Waals surface area contributed by atoms with Crippen LogP contribution in [0.2, 0.25) is 10.2 Å². The lowest BCUT2D eigenvalue weighted by Gasteiger charge is -2.15. The molecule has 0 fully saturated rings. The van der Waals surface area contributed by atoms with Gasteiger partial charge >= 0.3 is 5.91 Å². The molecule has 2 aromatic heterocycles. The molecule has 3 aromatic rings. The fourth-order valence-corrected chi connectivity index (χ4v) is 3.71. The van der Waals surface area contributed by atoms with E-state index in [1.807, 2.05) is 18.2 Å². The Morgan fingerprint density at radius 3 is 2.44 bits per heavy atom. The van der Waals surface area contributed by atoms with E-state index >= 15 is 0 Å². The number of benzene rings is 1. The summed E-state index contributed by atoms with van der Waals surface area (Å²) in [6.45, 7) is 8.43. The van der Waals surface area contributed by atoms with Gasteiger partial charge in [-0.05, 0) is 43.8 Å². The molecule has 3 rings (SSSR count). The largest absolute Gasteiger partial charge is 0.454 e. The number of furan rings is 1. The number of hydrogen-bond donors (Lipinski definition) is 2. The van der Waals surface area contributed by atoms with E-state index in [2.05, 4.69) is 34.7 Å². The summed E-state index contributed by atoms with van der Waals surface area (Å²) in [7, 11) is 0. The molecule has 2 N–H and O–H groups in total. The van der Waals surface area contributed by atoms with Crippen molar-refractivity contribution in [1.29, 1.82) is 0 Å². The molecule has 0 aliphatic rings. The fourth-order valence-electron chi connectivity index (χ4n) is 3.19. The Labute approximate surface area is 196 Å². The monoisotopic (exact) mass is 477 g/mol. The van der Waals surface area contributed by atoms with Crippen molar-refractivity contribution >= 4 is 35.0 Å². The molecule has 2 amide bonds. The maximum Gasteiger partial charge on any atom is 0.305 e. The fraction of sp³-hybridized carbons (Fsp3) is 0.318. The number of nitrogens with one attached hydrogen (secondary N) is 2. The minimum absolute atomic E-state index is 0.102. The molecule has 0 atom stereocenters. The van der Waals surface area contributed by atoms with E-state index in [1.165, 1.54) is 4.68 Å². The van der Waals surface area contributed by atoms with E-state index in [0.29, 0.717) is 29.6 Å². The number of aryl methyl sites for hydroxylation is 1. The minimum Gasteiger partial charge on any atom is -0.454 e. The second-order valence-corrected chi connectivity index (χ2v) is 7.90. The molecular formula is C22H25Cl2N5O3. The van der Waals surface area contributed by atoms with Crippen LogP contribution in [0.3, 0.4) is 0 Å². The zero-order chi connectivity index (χ0) is 23.3. The molecule has 32 heavy (non-hydrogen) atoms. The highest BCUT2D eigenvalue weighted by molar-refractivity contribution is 6.33. The highest BCUT2D eigenvalue weighted by Crippen LogP contribution is 2.23. The van der Waals surface area contributed by atoms with Gasteiger partial charge in [-0.3, -0.25) is 25.3 Å². The Balaban J connectivity index is 1.64. The molecule has 0 spiro atoms. The minimum atomic E-state index is -0.582. The van der Waals surface area contributed by atoms with Gasteiger partial charge < -0.3 is 4.42 Å². The number of carbonyl (C=O) groups is 2. The number of amides is 2. The molecule has 0 saturated carbocycles. The Morgan fingerprint density at radius 2 is 1.75 bits per heavy atom. The van der Waals surface area contributed by atoms with Gasteiger partial charge in [0.05, 0.1) is 18.8 Å². The predicted molar refractivity (Wildman–Crippen MR) is 123 cm³/mol. The van der Waals surface area contributed by atoms with E-state index in [4.69, 9.17) is 27.6 Å². The lowest BCUT2D eigenvalue weighted by molar-refractivity contribution is 0.0828. The van der Waals surface area contributed by atoms with Crippen LogP contribution in [0, 0.1) is 6.92 Å². The SMILES string of the molecule is CCN(CC)Cc1ccc(C(=O)NNC(=O)c2c(C)nn(Cc3ccccc3Cl)c2Cl)o1. The van der Waals surface area contributed by atoms with Crippen LogP contribution in [0.25, 0.3) is 0 Å². The van der Waals surface area contributed by atoms with Crippen molar-refractivity contribution in [2.24, 2.45) is 0 Å². The van der Waals surface area contributed by atoms with E-state index in [1.54, 1.807) is 25.1 Å². The van der Waals surface area contributed by atoms with E-state index in [0.717, 1.165) is 18.7 Å². The standard InChI is InChI=1S/C22H25Cl2N5O3/c1-4-28(5-2)13-16-10-11-18(32-16)21(30)25-26-22(31)19-14(3)27-29(20(19)24)12-15-8-6-7-9-17(15)23/h6-11H,4-5,12-13H2,1-3H3,(H,25,30)(H,26,31). The van der Waals surface area contributed by atoms with Gasteiger partial charge in [-0.15, -0.1) is 0 Å². The Morgan fingerprint density at radius 1 is 1.06 bits per heavy atom. The third kappa shape index (κ3) is 5.51. The topological polar surface area (TPSA) is 92.4 Å². The van der Waals surface area contributed by atoms with E-state index in [9.17, 15) is 9.59 Å². The smallest absolute Gasteiger partial charge is 0.305 e. The van der Waals surface area contributed by atoms with Gasteiger partial charge in [-0.1, -0.05) is 55.2 Å². The first kappa shape index (κ1) is 23.8. The van der Waals surface area contributed by atoms with Crippen molar-refractivity contribution in [3.8, 4) is 0 Å². The molecule has 170 valence electrons. The lowest BCUT2D eigenvalue weighted by atomic mass is 10.2. The highest BCUT2D eigenvalue weighted by Gasteiger charge is 2.22. The quantitative estimate of drug-likeness (QED) is 0.477. The first-order valence-electron chi connectivity index (χ1n) is 10.2. The Kier molecular flexibility index (Phi) is 7.95. The van der Waals surface area contributed by atoms with Crippen LogP contribution >= 0.6 is 23.2 Å². The lowest BCUT2D eigenvalue weighted by Crippen LogP contribution is -2.41. The van der Waals surface area contributed by atoms with Gasteiger partial charge in [0.15, 0.2) is 5.76 Å². The number of hydrogen-bond acceptors (Lipinski definition) is 5. The van der Waals surface area contributed by atoms with Gasteiger partial charge in [0, 0.05) is 5.02 Å². The molecule has 0 bridgehead atoms. The summed E-state index contributed by atoms with van der Waals surface area (Å²) < 4.78 is 7.07. The van der Waals surface area contributed by atoms with E-state index < -0.39 is 11.8 Å². The summed E-state index contributed by atoms with van der Waals surface area (Å²) >= 11 is 12.6. The van der Waals surface area contributed by atoms with Crippen LogP contribution in [-0.4, -0.2) is 39.6 Å². The van der Waals surface area contributed by atoms with Gasteiger partial charge in [-0.25, -0.2) is 4.68 Å². The van der Waals surface area contributed by atoms with Crippen molar-refractivity contribution in [1.82, 2.24) is 25.5 Å². The van der Waals surface area contributed by atoms with Gasteiger partial charge in [0.25, 0.3) is 5.91 Å². The van der Waals surface area contributed by atoms with Crippen molar-refractivity contribution in [3.05, 3.63) is 74.9 Å². The summed E-state index contributed by atoms with van der Waals surface area (Å²) in [6, 6.07) is 10.6. The Hall–Kier alpha value is -2.81. The molecule has 0 saturated heterocycles. The van der Waals surface area contributed by atoms with Gasteiger partial charge in [-0.2, -0.15) is 5.10 Å². The molecule has 0 radical (unpaired) electrons. The number of aromatic nitrogens is 2. The van der Waals surface area contributed by atoms with Crippen LogP contribution < -0.4 is 10.9 Å². The summed E-state index contributed by atoms with van der Waals surface area (Å²) in [5.41, 5.74) is 6.13. The number of carbonyl (C=O) groups excluding carboxylic acids is 2. The zero-order valence-corrected chi connectivity index (χ0v) is 19.6. The first-order chi connectivity index (χ1) is 15.3. The third-order valence-electron chi connectivity index (χ3n) is 5.02. The molecular weight excluding hydrogens is 453 g/mol. The molecule has 0 unspecified atom stereocenters. The third-order valence-corrected chi connectivity index (χ3v) is 5.77. The summed E-state index contributed by atoms with van der Waals surface area (Å²) in [6.07, 6.45) is 0. The van der Waals surface area contributed by atoms with Crippen molar-refractivity contribution in [2.45, 2.75) is 33.9 Å². The van der Waals surface area contributed by atoms with Crippen LogP contribution in [0.15, 0.2) is 40.8 Å². The maximum atomic E-state index is 12.7. The Bertz CT molecular complexity index is 1100. The average molecular weight is 478 g/mol. The van der Waals surface area contributed by atoms with Crippen LogP contribution in [0.1, 0.15) is 51.8 Å². The second-order valence-electron chi connectivity index (χ2n) is 7.14. The number of nitrogens with zero attached hydrogens (tertiary/aromatic N) is 3. The molecule has 10 heteroatoms. The van der Waals surface area contributed by atoms with Gasteiger partial charge in [0.1, 0.15) is 16.5 Å². The number of hydrazine groups is 1. The molecule has 1 aromatic carbocycles. The number of halogens is 2. The summed E-state index contributed by atoms with van der Waals surface area (Å²) in [5, 5.41) is 5.05. The molecule has 8 nitrogen and oxygen atoms in total. The normalized spacial score (nSPS) is 11.1.